The second-order valence-corrected chi connectivity index (χ2v) is 2.40. The lowest BCUT2D eigenvalue weighted by Crippen LogP contribution is -2.37. The summed E-state index contributed by atoms with van der Waals surface area (Å²) < 4.78 is 14.4. The number of halogens is 1. The lowest BCUT2D eigenvalue weighted by molar-refractivity contribution is -0.111. The van der Waals surface area contributed by atoms with Crippen LogP contribution in [0.3, 0.4) is 0 Å². The molecule has 1 aliphatic heterocycles. The van der Waals surface area contributed by atoms with Crippen molar-refractivity contribution in [2.75, 3.05) is 17.8 Å². The van der Waals surface area contributed by atoms with Gasteiger partial charge >= 0.3 is 6.16 Å². The number of rotatable bonds is 2. The van der Waals surface area contributed by atoms with Gasteiger partial charge < -0.3 is 14.2 Å². The first kappa shape index (κ1) is 8.06. The largest absolute Gasteiger partial charge is 0.509 e. The smallest absolute Gasteiger partial charge is 0.426 e. The predicted molar refractivity (Wildman–Crippen MR) is 41.1 cm³/mol. The number of hydrogen-bond donors (Lipinski definition) is 0. The molecule has 0 aliphatic carbocycles. The van der Waals surface area contributed by atoms with Gasteiger partial charge in [0.05, 0.1) is 13.2 Å². The zero-order valence-corrected chi connectivity index (χ0v) is 7.37. The van der Waals surface area contributed by atoms with E-state index in [0.717, 1.165) is 0 Å². The van der Waals surface area contributed by atoms with Crippen LogP contribution < -0.4 is 0 Å². The van der Waals surface area contributed by atoms with Crippen LogP contribution in [-0.2, 0) is 14.2 Å². The summed E-state index contributed by atoms with van der Waals surface area (Å²) in [6.45, 7) is 0.993. The maximum atomic E-state index is 10.5. The van der Waals surface area contributed by atoms with Crippen LogP contribution in [0.5, 0.6) is 0 Å². The van der Waals surface area contributed by atoms with Gasteiger partial charge in [-0.3, -0.25) is 0 Å². The van der Waals surface area contributed by atoms with Crippen LogP contribution in [0.25, 0.3) is 0 Å². The topological polar surface area (TPSA) is 44.8 Å². The molecule has 1 fully saturated rings. The molecule has 4 nitrogen and oxygen atoms in total. The van der Waals surface area contributed by atoms with Crippen LogP contribution in [0.2, 0.25) is 0 Å². The fourth-order valence-electron chi connectivity index (χ4n) is 0.497. The number of carbonyl (C=O) groups excluding carboxylic acids is 1. The molecule has 5 heteroatoms. The van der Waals surface area contributed by atoms with Crippen LogP contribution in [-0.4, -0.2) is 30.1 Å². The molecule has 0 aromatic rings. The molecule has 1 rings (SSSR count). The second kappa shape index (κ2) is 3.97. The van der Waals surface area contributed by atoms with E-state index in [1.165, 1.54) is 0 Å². The van der Waals surface area contributed by atoms with Crippen molar-refractivity contribution in [3.05, 3.63) is 0 Å². The molecule has 0 aromatic heterocycles. The zero-order chi connectivity index (χ0) is 7.40. The molecule has 0 saturated carbocycles. The van der Waals surface area contributed by atoms with Crippen LogP contribution >= 0.6 is 22.6 Å². The second-order valence-electron chi connectivity index (χ2n) is 1.78. The zero-order valence-electron chi connectivity index (χ0n) is 5.21. The SMILES string of the molecule is O=C(OCI)OC1COC1. The minimum Gasteiger partial charge on any atom is -0.426 e. The summed E-state index contributed by atoms with van der Waals surface area (Å²) in [5, 5.41) is 0. The summed E-state index contributed by atoms with van der Waals surface area (Å²) in [6, 6.07) is 0. The van der Waals surface area contributed by atoms with Crippen molar-refractivity contribution in [2.24, 2.45) is 0 Å². The molecule has 58 valence electrons. The summed E-state index contributed by atoms with van der Waals surface area (Å²) in [4.78, 5) is 10.5. The Bertz CT molecular complexity index is 123. The van der Waals surface area contributed by atoms with Gasteiger partial charge in [-0.25, -0.2) is 4.79 Å². The Labute approximate surface area is 72.0 Å². The van der Waals surface area contributed by atoms with Gasteiger partial charge in [-0.1, -0.05) is 0 Å². The van der Waals surface area contributed by atoms with Gasteiger partial charge in [-0.05, 0) is 22.6 Å². The summed E-state index contributed by atoms with van der Waals surface area (Å²) in [5.41, 5.74) is 0. The Morgan fingerprint density at radius 3 is 2.80 bits per heavy atom. The van der Waals surface area contributed by atoms with E-state index < -0.39 is 6.16 Å². The Kier molecular flexibility index (Phi) is 3.20. The highest BCUT2D eigenvalue weighted by Crippen LogP contribution is 2.06. The Balaban J connectivity index is 2.05. The van der Waals surface area contributed by atoms with Crippen molar-refractivity contribution in [1.82, 2.24) is 0 Å². The lowest BCUT2D eigenvalue weighted by Gasteiger charge is -2.24. The number of hydrogen-bond acceptors (Lipinski definition) is 4. The van der Waals surface area contributed by atoms with Gasteiger partial charge in [0.25, 0.3) is 0 Å². The van der Waals surface area contributed by atoms with Crippen LogP contribution in [0, 0.1) is 0 Å². The molecule has 1 saturated heterocycles. The van der Waals surface area contributed by atoms with E-state index >= 15 is 0 Å². The molecule has 0 amide bonds. The van der Waals surface area contributed by atoms with Crippen molar-refractivity contribution in [3.8, 4) is 0 Å². The van der Waals surface area contributed by atoms with E-state index in [-0.39, 0.29) is 6.10 Å². The predicted octanol–water partition coefficient (Wildman–Crippen LogP) is 0.931. The molecule has 0 unspecified atom stereocenters. The number of carbonyl (C=O) groups is 1. The number of alkyl halides is 1. The fourth-order valence-corrected chi connectivity index (χ4v) is 0.751. The summed E-state index contributed by atoms with van der Waals surface area (Å²) >= 11 is 1.93. The van der Waals surface area contributed by atoms with Gasteiger partial charge in [-0.15, -0.1) is 0 Å². The molecular weight excluding hydrogens is 251 g/mol. The van der Waals surface area contributed by atoms with E-state index in [4.69, 9.17) is 9.47 Å². The summed E-state index contributed by atoms with van der Waals surface area (Å²) in [5.74, 6) is 0. The van der Waals surface area contributed by atoms with E-state index in [1.807, 2.05) is 22.6 Å². The van der Waals surface area contributed by atoms with Gasteiger partial charge in [0.15, 0.2) is 6.10 Å². The third kappa shape index (κ3) is 2.30. The first-order chi connectivity index (χ1) is 4.83. The first-order valence-electron chi connectivity index (χ1n) is 2.80. The average Bonchev–Trinajstić information content (AvgIpc) is 1.80. The van der Waals surface area contributed by atoms with Gasteiger partial charge in [0.2, 0.25) is 0 Å². The highest BCUT2D eigenvalue weighted by atomic mass is 127. The first-order valence-corrected chi connectivity index (χ1v) is 4.32. The minimum atomic E-state index is -0.609. The van der Waals surface area contributed by atoms with Gasteiger partial charge in [0.1, 0.15) is 4.61 Å². The van der Waals surface area contributed by atoms with E-state index in [2.05, 4.69) is 4.74 Å². The van der Waals surface area contributed by atoms with E-state index in [1.54, 1.807) is 0 Å². The Morgan fingerprint density at radius 2 is 2.40 bits per heavy atom. The van der Waals surface area contributed by atoms with Crippen molar-refractivity contribution in [3.63, 3.8) is 0 Å². The Hall–Kier alpha value is -0.0400. The maximum absolute atomic E-state index is 10.5. The highest BCUT2D eigenvalue weighted by Gasteiger charge is 2.23. The quantitative estimate of drug-likeness (QED) is 0.420. The minimum absolute atomic E-state index is 0.0875. The molecule has 1 aliphatic rings. The van der Waals surface area contributed by atoms with Crippen molar-refractivity contribution in [1.29, 1.82) is 0 Å². The number of ether oxygens (including phenoxy) is 3. The van der Waals surface area contributed by atoms with Crippen molar-refractivity contribution < 1.29 is 19.0 Å². The van der Waals surface area contributed by atoms with Gasteiger partial charge in [0, 0.05) is 0 Å². The molecule has 0 radical (unpaired) electrons. The van der Waals surface area contributed by atoms with Crippen LogP contribution in [0.4, 0.5) is 4.79 Å². The molecule has 0 aromatic carbocycles. The molecule has 0 N–H and O–H groups in total. The fraction of sp³-hybridized carbons (Fsp3) is 0.800. The van der Waals surface area contributed by atoms with E-state index in [0.29, 0.717) is 17.8 Å². The lowest BCUT2D eigenvalue weighted by atomic mass is 10.3. The molecule has 0 atom stereocenters. The third-order valence-electron chi connectivity index (χ3n) is 1.04. The maximum Gasteiger partial charge on any atom is 0.509 e. The Morgan fingerprint density at radius 1 is 1.70 bits per heavy atom. The molecule has 0 bridgehead atoms. The monoisotopic (exact) mass is 258 g/mol. The normalized spacial score (nSPS) is 17.7. The molecule has 1 heterocycles. The van der Waals surface area contributed by atoms with Crippen LogP contribution in [0.1, 0.15) is 0 Å². The van der Waals surface area contributed by atoms with Gasteiger partial charge in [-0.2, -0.15) is 0 Å². The summed E-state index contributed by atoms with van der Waals surface area (Å²) in [6.07, 6.45) is -0.696. The molecule has 10 heavy (non-hydrogen) atoms. The summed E-state index contributed by atoms with van der Waals surface area (Å²) in [7, 11) is 0. The van der Waals surface area contributed by atoms with Crippen LogP contribution in [0.15, 0.2) is 0 Å². The molecular formula is C5H7IO4. The standard InChI is InChI=1S/C5H7IO4/c6-3-9-5(7)10-4-1-8-2-4/h4H,1-3H2. The van der Waals surface area contributed by atoms with Crippen molar-refractivity contribution in [2.45, 2.75) is 6.10 Å². The highest BCUT2D eigenvalue weighted by molar-refractivity contribution is 14.1. The third-order valence-corrected chi connectivity index (χ3v) is 1.35. The average molecular weight is 258 g/mol. The van der Waals surface area contributed by atoms with E-state index in [9.17, 15) is 4.79 Å². The molecule has 0 spiro atoms. The van der Waals surface area contributed by atoms with Crippen molar-refractivity contribution >= 4 is 28.7 Å².